The zero-order chi connectivity index (χ0) is 26.5. The topological polar surface area (TPSA) is 102 Å². The normalized spacial score (nSPS) is 11.1. The van der Waals surface area contributed by atoms with Crippen molar-refractivity contribution in [3.05, 3.63) is 95.6 Å². The number of carbonyl (C=O) groups excluding carboxylic acids is 3. The van der Waals surface area contributed by atoms with Gasteiger partial charge in [-0.3, -0.25) is 4.79 Å². The van der Waals surface area contributed by atoms with Crippen LogP contribution in [0.25, 0.3) is 0 Å². The molecule has 7 nitrogen and oxygen atoms in total. The van der Waals surface area contributed by atoms with E-state index in [9.17, 15) is 14.4 Å². The van der Waals surface area contributed by atoms with Crippen LogP contribution in [-0.4, -0.2) is 35.3 Å². The fourth-order valence-corrected chi connectivity index (χ4v) is 4.24. The predicted molar refractivity (Wildman–Crippen MR) is 142 cm³/mol. The molecule has 0 radical (unpaired) electrons. The highest BCUT2D eigenvalue weighted by Gasteiger charge is 2.17. The van der Waals surface area contributed by atoms with Crippen LogP contribution >= 0.6 is 11.8 Å². The number of Topliss-reactive ketones (excluding diaryl/α,β-unsaturated/α-hetero) is 1. The lowest BCUT2D eigenvalue weighted by molar-refractivity contribution is 0.00680. The van der Waals surface area contributed by atoms with Crippen molar-refractivity contribution in [2.24, 2.45) is 5.16 Å². The van der Waals surface area contributed by atoms with Crippen molar-refractivity contribution in [3.63, 3.8) is 0 Å². The Morgan fingerprint density at radius 1 is 0.757 bits per heavy atom. The van der Waals surface area contributed by atoms with E-state index >= 15 is 0 Å². The first-order chi connectivity index (χ1) is 18.0. The number of hydrogen-bond donors (Lipinski definition) is 1. The summed E-state index contributed by atoms with van der Waals surface area (Å²) < 4.78 is 4.57. The van der Waals surface area contributed by atoms with Crippen LogP contribution in [0.2, 0.25) is 0 Å². The summed E-state index contributed by atoms with van der Waals surface area (Å²) >= 11 is 1.47. The van der Waals surface area contributed by atoms with Gasteiger partial charge < -0.3 is 14.7 Å². The summed E-state index contributed by atoms with van der Waals surface area (Å²) in [6, 6.07) is 22.4. The van der Waals surface area contributed by atoms with Crippen molar-refractivity contribution in [1.29, 1.82) is 0 Å². The van der Waals surface area contributed by atoms with Crippen LogP contribution in [0.1, 0.15) is 70.1 Å². The molecule has 0 aliphatic rings. The van der Waals surface area contributed by atoms with E-state index in [-0.39, 0.29) is 11.5 Å². The predicted octanol–water partition coefficient (Wildman–Crippen LogP) is 6.31. The second-order valence-corrected chi connectivity index (χ2v) is 9.28. The average molecular weight is 520 g/mol. The van der Waals surface area contributed by atoms with Gasteiger partial charge in [-0.05, 0) is 73.5 Å². The number of unbranched alkanes of at least 4 members (excludes halogenated alkanes) is 3. The van der Waals surface area contributed by atoms with Gasteiger partial charge in [0.1, 0.15) is 5.71 Å². The highest BCUT2D eigenvalue weighted by molar-refractivity contribution is 7.99. The van der Waals surface area contributed by atoms with E-state index in [1.165, 1.54) is 11.8 Å². The maximum atomic E-state index is 13.2. The highest BCUT2D eigenvalue weighted by Crippen LogP contribution is 2.28. The maximum absolute atomic E-state index is 13.2. The number of hydrogen-bond acceptors (Lipinski definition) is 8. The molecule has 3 aromatic rings. The first kappa shape index (κ1) is 27.8. The van der Waals surface area contributed by atoms with Gasteiger partial charge >= 0.3 is 11.9 Å². The number of ether oxygens (including phenoxy) is 1. The molecular weight excluding hydrogens is 490 g/mol. The van der Waals surface area contributed by atoms with E-state index in [4.69, 9.17) is 9.94 Å². The zero-order valence-electron chi connectivity index (χ0n) is 20.6. The lowest BCUT2D eigenvalue weighted by Gasteiger charge is -2.08. The molecule has 0 bridgehead atoms. The molecular formula is C29H29NO6S. The number of ketones is 1. The minimum Gasteiger partial charge on any atom is -0.435 e. The molecule has 0 fully saturated rings. The van der Waals surface area contributed by atoms with Crippen LogP contribution in [0.4, 0.5) is 0 Å². The van der Waals surface area contributed by atoms with Crippen molar-refractivity contribution in [1.82, 2.24) is 0 Å². The van der Waals surface area contributed by atoms with Crippen LogP contribution in [-0.2, 0) is 9.57 Å². The highest BCUT2D eigenvalue weighted by atomic mass is 32.2. The molecule has 0 aliphatic heterocycles. The SMILES string of the molecule is CCCCCC/C(=N\OC(=O)c1ccccc1)C(=O)c1ccc(Sc2ccc(C(=O)OCO)cc2)cc1. The van der Waals surface area contributed by atoms with Gasteiger partial charge in [0.05, 0.1) is 11.1 Å². The Bertz CT molecular complexity index is 1210. The van der Waals surface area contributed by atoms with E-state index in [0.717, 1.165) is 35.5 Å². The molecule has 0 amide bonds. The fourth-order valence-electron chi connectivity index (χ4n) is 3.42. The third-order valence-corrected chi connectivity index (χ3v) is 6.43. The van der Waals surface area contributed by atoms with Crippen LogP contribution in [0.3, 0.4) is 0 Å². The lowest BCUT2D eigenvalue weighted by Crippen LogP contribution is -2.16. The second kappa shape index (κ2) is 14.7. The number of aliphatic hydroxyl groups is 1. The van der Waals surface area contributed by atoms with Crippen molar-refractivity contribution >= 4 is 35.2 Å². The van der Waals surface area contributed by atoms with E-state index in [1.807, 2.05) is 12.1 Å². The Labute approximate surface area is 220 Å². The second-order valence-electron chi connectivity index (χ2n) is 8.13. The van der Waals surface area contributed by atoms with Gasteiger partial charge in [0.15, 0.2) is 6.79 Å². The molecule has 192 valence electrons. The van der Waals surface area contributed by atoms with E-state index in [1.54, 1.807) is 66.7 Å². The average Bonchev–Trinajstić information content (AvgIpc) is 2.93. The first-order valence-electron chi connectivity index (χ1n) is 12.1. The third-order valence-electron chi connectivity index (χ3n) is 5.42. The number of aliphatic hydroxyl groups excluding tert-OH is 1. The molecule has 1 N–H and O–H groups in total. The Balaban J connectivity index is 1.68. The van der Waals surface area contributed by atoms with Gasteiger partial charge in [0, 0.05) is 15.4 Å². The number of esters is 1. The molecule has 0 spiro atoms. The smallest absolute Gasteiger partial charge is 0.365 e. The Morgan fingerprint density at radius 3 is 1.95 bits per heavy atom. The Hall–Kier alpha value is -3.75. The fraction of sp³-hybridized carbons (Fsp3) is 0.241. The first-order valence-corrected chi connectivity index (χ1v) is 12.9. The van der Waals surface area contributed by atoms with Crippen molar-refractivity contribution < 1.29 is 29.1 Å². The van der Waals surface area contributed by atoms with Crippen molar-refractivity contribution in [3.8, 4) is 0 Å². The minimum absolute atomic E-state index is 0.214. The monoisotopic (exact) mass is 519 g/mol. The van der Waals surface area contributed by atoms with Gasteiger partial charge in [-0.15, -0.1) is 0 Å². The molecule has 3 aromatic carbocycles. The summed E-state index contributed by atoms with van der Waals surface area (Å²) in [7, 11) is 0. The molecule has 0 atom stereocenters. The van der Waals surface area contributed by atoms with Crippen LogP contribution < -0.4 is 0 Å². The van der Waals surface area contributed by atoms with Gasteiger partial charge in [0.2, 0.25) is 5.78 Å². The molecule has 8 heteroatoms. The van der Waals surface area contributed by atoms with Crippen LogP contribution in [0.15, 0.2) is 93.8 Å². The van der Waals surface area contributed by atoms with Gasteiger partial charge in [-0.25, -0.2) is 9.59 Å². The van der Waals surface area contributed by atoms with Crippen LogP contribution in [0.5, 0.6) is 0 Å². The number of oxime groups is 1. The summed E-state index contributed by atoms with van der Waals surface area (Å²) in [6.07, 6.45) is 4.28. The maximum Gasteiger partial charge on any atom is 0.365 e. The van der Waals surface area contributed by atoms with Gasteiger partial charge in [-0.2, -0.15) is 0 Å². The van der Waals surface area contributed by atoms with E-state index in [0.29, 0.717) is 23.1 Å². The number of rotatable bonds is 13. The molecule has 0 aromatic heterocycles. The summed E-state index contributed by atoms with van der Waals surface area (Å²) in [5.74, 6) is -1.48. The van der Waals surface area contributed by atoms with Gasteiger partial charge in [0.25, 0.3) is 0 Å². The summed E-state index contributed by atoms with van der Waals surface area (Å²) in [4.78, 5) is 44.1. The number of nitrogens with zero attached hydrogens (tertiary/aromatic N) is 1. The molecule has 0 saturated carbocycles. The summed E-state index contributed by atoms with van der Waals surface area (Å²) in [5.41, 5.74) is 1.38. The largest absolute Gasteiger partial charge is 0.435 e. The summed E-state index contributed by atoms with van der Waals surface area (Å²) in [5, 5.41) is 12.7. The number of benzene rings is 3. The molecule has 0 heterocycles. The molecule has 0 aliphatic carbocycles. The molecule has 3 rings (SSSR count). The molecule has 0 saturated heterocycles. The zero-order valence-corrected chi connectivity index (χ0v) is 21.4. The molecule has 37 heavy (non-hydrogen) atoms. The van der Waals surface area contributed by atoms with Crippen molar-refractivity contribution in [2.75, 3.05) is 6.79 Å². The summed E-state index contributed by atoms with van der Waals surface area (Å²) in [6.45, 7) is 1.45. The minimum atomic E-state index is -0.666. The standard InChI is InChI=1S/C29H29NO6S/c1-2-3-4-8-11-26(30-36-29(34)22-9-6-5-7-10-22)27(32)21-12-16-24(17-13-21)37-25-18-14-23(15-19-25)28(33)35-20-31/h5-7,9-10,12-19,31H,2-4,8,11,20H2,1H3/b30-26+. The third kappa shape index (κ3) is 8.70. The number of carbonyl (C=O) groups is 3. The van der Waals surface area contributed by atoms with Crippen molar-refractivity contribution in [2.45, 2.75) is 48.8 Å². The molecule has 0 unspecified atom stereocenters. The Morgan fingerprint density at radius 2 is 1.35 bits per heavy atom. The van der Waals surface area contributed by atoms with Crippen LogP contribution in [0, 0.1) is 0 Å². The van der Waals surface area contributed by atoms with E-state index < -0.39 is 18.7 Å². The lowest BCUT2D eigenvalue weighted by atomic mass is 10.0. The van der Waals surface area contributed by atoms with Gasteiger partial charge in [-0.1, -0.05) is 61.3 Å². The van der Waals surface area contributed by atoms with E-state index in [2.05, 4.69) is 16.8 Å². The quantitative estimate of drug-likeness (QED) is 0.0537. The Kier molecular flexibility index (Phi) is 11.1.